The first-order chi connectivity index (χ1) is 9.61. The zero-order valence-corrected chi connectivity index (χ0v) is 13.6. The maximum Gasteiger partial charge on any atom is 0.0548 e. The Kier molecular flexibility index (Phi) is 5.79. The Morgan fingerprint density at radius 1 is 1.05 bits per heavy atom. The molecule has 0 aliphatic carbocycles. The van der Waals surface area contributed by atoms with E-state index in [4.69, 9.17) is 28.9 Å². The lowest BCUT2D eigenvalue weighted by Gasteiger charge is -2.15. The van der Waals surface area contributed by atoms with Crippen LogP contribution in [0.3, 0.4) is 0 Å². The standard InChI is InChI=1S/C16H17Cl2NS/c1-2-12(19)10-11-6-5-8-14(18)16(11)20-15-9-4-3-7-13(15)17/h3-9,12H,2,10,19H2,1H3. The van der Waals surface area contributed by atoms with Gasteiger partial charge in [0, 0.05) is 15.8 Å². The van der Waals surface area contributed by atoms with Crippen molar-refractivity contribution in [3.63, 3.8) is 0 Å². The zero-order chi connectivity index (χ0) is 14.5. The van der Waals surface area contributed by atoms with Gasteiger partial charge in [0.1, 0.15) is 0 Å². The average molecular weight is 326 g/mol. The van der Waals surface area contributed by atoms with E-state index in [-0.39, 0.29) is 6.04 Å². The van der Waals surface area contributed by atoms with Gasteiger partial charge in [-0.3, -0.25) is 0 Å². The molecule has 1 nitrogen and oxygen atoms in total. The summed E-state index contributed by atoms with van der Waals surface area (Å²) in [6, 6.07) is 13.9. The molecule has 1 atom stereocenters. The Hall–Kier alpha value is -0.670. The summed E-state index contributed by atoms with van der Waals surface area (Å²) in [5.41, 5.74) is 7.25. The van der Waals surface area contributed by atoms with E-state index in [1.165, 1.54) is 5.56 Å². The van der Waals surface area contributed by atoms with E-state index in [9.17, 15) is 0 Å². The third-order valence-electron chi connectivity index (χ3n) is 3.10. The van der Waals surface area contributed by atoms with Crippen LogP contribution >= 0.6 is 35.0 Å². The molecule has 0 aliphatic heterocycles. The molecule has 0 saturated heterocycles. The van der Waals surface area contributed by atoms with Crippen LogP contribution < -0.4 is 5.73 Å². The normalized spacial score (nSPS) is 12.4. The molecule has 0 amide bonds. The molecule has 0 bridgehead atoms. The van der Waals surface area contributed by atoms with Gasteiger partial charge in [0.15, 0.2) is 0 Å². The first kappa shape index (κ1) is 15.7. The quantitative estimate of drug-likeness (QED) is 0.793. The molecule has 0 aromatic heterocycles. The van der Waals surface area contributed by atoms with Gasteiger partial charge >= 0.3 is 0 Å². The van der Waals surface area contributed by atoms with Crippen molar-refractivity contribution in [2.24, 2.45) is 5.73 Å². The lowest BCUT2D eigenvalue weighted by Crippen LogP contribution is -2.21. The van der Waals surface area contributed by atoms with Crippen molar-refractivity contribution in [1.82, 2.24) is 0 Å². The largest absolute Gasteiger partial charge is 0.327 e. The molecule has 1 unspecified atom stereocenters. The highest BCUT2D eigenvalue weighted by Crippen LogP contribution is 2.39. The third-order valence-corrected chi connectivity index (χ3v) is 5.23. The summed E-state index contributed by atoms with van der Waals surface area (Å²) < 4.78 is 0. The molecule has 20 heavy (non-hydrogen) atoms. The van der Waals surface area contributed by atoms with Crippen LogP contribution in [0.1, 0.15) is 18.9 Å². The second kappa shape index (κ2) is 7.37. The Labute approximate surface area is 134 Å². The molecule has 2 aromatic rings. The number of halogens is 2. The minimum absolute atomic E-state index is 0.152. The molecule has 0 radical (unpaired) electrons. The minimum Gasteiger partial charge on any atom is -0.327 e. The van der Waals surface area contributed by atoms with E-state index < -0.39 is 0 Å². The molecule has 4 heteroatoms. The number of hydrogen-bond acceptors (Lipinski definition) is 2. The Bertz CT molecular complexity index is 586. The summed E-state index contributed by atoms with van der Waals surface area (Å²) in [6.45, 7) is 2.09. The molecule has 106 valence electrons. The molecule has 2 aromatic carbocycles. The first-order valence-corrected chi connectivity index (χ1v) is 8.14. The lowest BCUT2D eigenvalue weighted by atomic mass is 10.0. The van der Waals surface area contributed by atoms with Crippen LogP contribution in [0.15, 0.2) is 52.3 Å². The summed E-state index contributed by atoms with van der Waals surface area (Å²) >= 11 is 14.2. The van der Waals surface area contributed by atoms with Gasteiger partial charge in [0.25, 0.3) is 0 Å². The van der Waals surface area contributed by atoms with Crippen LogP contribution in [0.25, 0.3) is 0 Å². The topological polar surface area (TPSA) is 26.0 Å². The monoisotopic (exact) mass is 325 g/mol. The summed E-state index contributed by atoms with van der Waals surface area (Å²) in [7, 11) is 0. The fourth-order valence-electron chi connectivity index (χ4n) is 1.89. The van der Waals surface area contributed by atoms with Crippen LogP contribution in [0.4, 0.5) is 0 Å². The Morgan fingerprint density at radius 2 is 1.75 bits per heavy atom. The maximum atomic E-state index is 6.35. The summed E-state index contributed by atoms with van der Waals surface area (Å²) in [6.07, 6.45) is 1.77. The Morgan fingerprint density at radius 3 is 2.45 bits per heavy atom. The second-order valence-electron chi connectivity index (χ2n) is 4.63. The van der Waals surface area contributed by atoms with E-state index in [0.29, 0.717) is 0 Å². The number of nitrogens with two attached hydrogens (primary N) is 1. The van der Waals surface area contributed by atoms with Crippen LogP contribution in [0.5, 0.6) is 0 Å². The summed E-state index contributed by atoms with van der Waals surface area (Å²) in [5.74, 6) is 0. The fraction of sp³-hybridized carbons (Fsp3) is 0.250. The smallest absolute Gasteiger partial charge is 0.0548 e. The zero-order valence-electron chi connectivity index (χ0n) is 11.3. The van der Waals surface area contributed by atoms with Crippen molar-refractivity contribution >= 4 is 35.0 Å². The van der Waals surface area contributed by atoms with Crippen molar-refractivity contribution in [3.8, 4) is 0 Å². The van der Waals surface area contributed by atoms with E-state index in [2.05, 4.69) is 13.0 Å². The van der Waals surface area contributed by atoms with Crippen molar-refractivity contribution < 1.29 is 0 Å². The fourth-order valence-corrected chi connectivity index (χ4v) is 3.43. The van der Waals surface area contributed by atoms with E-state index in [1.807, 2.05) is 36.4 Å². The molecule has 2 N–H and O–H groups in total. The highest BCUT2D eigenvalue weighted by Gasteiger charge is 2.12. The van der Waals surface area contributed by atoms with Gasteiger partial charge in [0.2, 0.25) is 0 Å². The van der Waals surface area contributed by atoms with E-state index >= 15 is 0 Å². The van der Waals surface area contributed by atoms with Crippen molar-refractivity contribution in [3.05, 3.63) is 58.1 Å². The van der Waals surface area contributed by atoms with Crippen LogP contribution in [0, 0.1) is 0 Å². The molecule has 0 spiro atoms. The van der Waals surface area contributed by atoms with Crippen molar-refractivity contribution in [2.45, 2.75) is 35.6 Å². The lowest BCUT2D eigenvalue weighted by molar-refractivity contribution is 0.641. The minimum atomic E-state index is 0.152. The SMILES string of the molecule is CCC(N)Cc1cccc(Cl)c1Sc1ccccc1Cl. The highest BCUT2D eigenvalue weighted by atomic mass is 35.5. The van der Waals surface area contributed by atoms with Gasteiger partial charge in [-0.2, -0.15) is 0 Å². The van der Waals surface area contributed by atoms with Crippen LogP contribution in [-0.4, -0.2) is 6.04 Å². The van der Waals surface area contributed by atoms with Gasteiger partial charge in [0.05, 0.1) is 10.0 Å². The first-order valence-electron chi connectivity index (χ1n) is 6.57. The average Bonchev–Trinajstić information content (AvgIpc) is 2.44. The molecular formula is C16H17Cl2NS. The summed E-state index contributed by atoms with van der Waals surface area (Å²) in [4.78, 5) is 2.06. The van der Waals surface area contributed by atoms with Crippen molar-refractivity contribution in [2.75, 3.05) is 0 Å². The van der Waals surface area contributed by atoms with Gasteiger partial charge in [-0.1, -0.05) is 66.2 Å². The van der Waals surface area contributed by atoms with Crippen LogP contribution in [0.2, 0.25) is 10.0 Å². The molecular weight excluding hydrogens is 309 g/mol. The maximum absolute atomic E-state index is 6.35. The van der Waals surface area contributed by atoms with Crippen molar-refractivity contribution in [1.29, 1.82) is 0 Å². The summed E-state index contributed by atoms with van der Waals surface area (Å²) in [5, 5.41) is 1.49. The Balaban J connectivity index is 2.33. The second-order valence-corrected chi connectivity index (χ2v) is 6.50. The molecule has 0 heterocycles. The third kappa shape index (κ3) is 3.92. The molecule has 2 rings (SSSR count). The van der Waals surface area contributed by atoms with E-state index in [1.54, 1.807) is 11.8 Å². The van der Waals surface area contributed by atoms with Gasteiger partial charge < -0.3 is 5.73 Å². The molecule has 0 aliphatic rings. The predicted octanol–water partition coefficient (Wildman–Crippen LogP) is 5.42. The number of rotatable bonds is 5. The highest BCUT2D eigenvalue weighted by molar-refractivity contribution is 7.99. The van der Waals surface area contributed by atoms with E-state index in [0.717, 1.165) is 32.7 Å². The molecule has 0 saturated carbocycles. The van der Waals surface area contributed by atoms with Gasteiger partial charge in [-0.15, -0.1) is 0 Å². The number of benzene rings is 2. The molecule has 0 fully saturated rings. The van der Waals surface area contributed by atoms with Gasteiger partial charge in [-0.05, 0) is 36.6 Å². The van der Waals surface area contributed by atoms with Gasteiger partial charge in [-0.25, -0.2) is 0 Å². The van der Waals surface area contributed by atoms with Crippen LogP contribution in [-0.2, 0) is 6.42 Å². The number of hydrogen-bond donors (Lipinski definition) is 1. The predicted molar refractivity (Wildman–Crippen MR) is 89.0 cm³/mol.